The van der Waals surface area contributed by atoms with Gasteiger partial charge in [-0.15, -0.1) is 0 Å². The summed E-state index contributed by atoms with van der Waals surface area (Å²) in [5.41, 5.74) is 6.50. The summed E-state index contributed by atoms with van der Waals surface area (Å²) in [7, 11) is 3.83. The second-order valence-electron chi connectivity index (χ2n) is 2.58. The van der Waals surface area contributed by atoms with Gasteiger partial charge in [-0.05, 0) is 6.07 Å². The zero-order valence-corrected chi connectivity index (χ0v) is 7.20. The zero-order valence-electron chi connectivity index (χ0n) is 7.20. The minimum atomic E-state index is 0.641. The van der Waals surface area contributed by atoms with Crippen LogP contribution in [0.25, 0.3) is 0 Å². The average molecular weight is 167 g/mol. The molecule has 0 radical (unpaired) electrons. The highest BCUT2D eigenvalue weighted by molar-refractivity contribution is 5.50. The largest absolute Gasteiger partial charge is 0.319 e. The van der Waals surface area contributed by atoms with Gasteiger partial charge in [0.25, 0.3) is 0 Å². The second kappa shape index (κ2) is 3.89. The summed E-state index contributed by atoms with van der Waals surface area (Å²) in [6.45, 7) is 0. The van der Waals surface area contributed by atoms with E-state index in [0.717, 1.165) is 5.69 Å². The van der Waals surface area contributed by atoms with Crippen LogP contribution in [0.15, 0.2) is 18.3 Å². The molecule has 66 valence electrons. The molecule has 4 N–H and O–H groups in total. The molecule has 0 saturated carbocycles. The van der Waals surface area contributed by atoms with Crippen LogP contribution in [0.3, 0.4) is 0 Å². The number of nitrogens with one attached hydrogen (secondary N) is 2. The molecule has 1 aromatic heterocycles. The zero-order chi connectivity index (χ0) is 8.97. The van der Waals surface area contributed by atoms with Crippen LogP contribution in [0.2, 0.25) is 0 Å². The molecule has 0 aliphatic heterocycles. The van der Waals surface area contributed by atoms with Crippen LogP contribution in [-0.2, 0) is 0 Å². The van der Waals surface area contributed by atoms with E-state index in [0.29, 0.717) is 5.82 Å². The Morgan fingerprint density at radius 1 is 1.50 bits per heavy atom. The van der Waals surface area contributed by atoms with Crippen molar-refractivity contribution in [1.29, 1.82) is 0 Å². The number of nitrogen functional groups attached to an aromatic ring is 1. The molecule has 0 aliphatic carbocycles. The van der Waals surface area contributed by atoms with Crippen molar-refractivity contribution in [3.8, 4) is 0 Å². The summed E-state index contributed by atoms with van der Waals surface area (Å²) in [6.07, 6.45) is 1.68. The lowest BCUT2D eigenvalue weighted by atomic mass is 10.4. The summed E-state index contributed by atoms with van der Waals surface area (Å²) >= 11 is 0. The maximum atomic E-state index is 5.20. The van der Waals surface area contributed by atoms with Gasteiger partial charge in [0, 0.05) is 26.4 Å². The number of hydrogen-bond donors (Lipinski definition) is 3. The van der Waals surface area contributed by atoms with Gasteiger partial charge in [-0.25, -0.2) is 15.8 Å². The van der Waals surface area contributed by atoms with Crippen molar-refractivity contribution < 1.29 is 0 Å². The van der Waals surface area contributed by atoms with E-state index in [4.69, 9.17) is 5.84 Å². The lowest BCUT2D eigenvalue weighted by Gasteiger charge is -2.13. The molecule has 0 unspecified atom stereocenters. The van der Waals surface area contributed by atoms with Gasteiger partial charge in [-0.2, -0.15) is 0 Å². The van der Waals surface area contributed by atoms with E-state index in [1.807, 2.05) is 31.2 Å². The number of nitrogens with two attached hydrogens (primary N) is 1. The molecular formula is C7H13N5. The maximum absolute atomic E-state index is 5.20. The summed E-state index contributed by atoms with van der Waals surface area (Å²) < 4.78 is 0. The van der Waals surface area contributed by atoms with Crippen LogP contribution in [0.1, 0.15) is 0 Å². The van der Waals surface area contributed by atoms with Gasteiger partial charge in [0.05, 0.1) is 5.69 Å². The monoisotopic (exact) mass is 167 g/mol. The molecule has 0 fully saturated rings. The van der Waals surface area contributed by atoms with Gasteiger partial charge in [0.15, 0.2) is 0 Å². The normalized spacial score (nSPS) is 10.0. The fourth-order valence-corrected chi connectivity index (χ4v) is 0.837. The van der Waals surface area contributed by atoms with E-state index in [1.54, 1.807) is 6.20 Å². The fourth-order valence-electron chi connectivity index (χ4n) is 0.837. The van der Waals surface area contributed by atoms with Gasteiger partial charge in [0.2, 0.25) is 0 Å². The quantitative estimate of drug-likeness (QED) is 0.445. The predicted octanol–water partition coefficient (Wildman–Crippen LogP) is 0.256. The first kappa shape index (κ1) is 8.76. The Morgan fingerprint density at radius 3 is 2.83 bits per heavy atom. The molecule has 0 saturated heterocycles. The van der Waals surface area contributed by atoms with E-state index < -0.39 is 0 Å². The lowest BCUT2D eigenvalue weighted by molar-refractivity contribution is 0.495. The molecule has 1 rings (SSSR count). The van der Waals surface area contributed by atoms with Crippen LogP contribution < -0.4 is 16.7 Å². The van der Waals surface area contributed by atoms with Gasteiger partial charge in [-0.3, -0.25) is 0 Å². The van der Waals surface area contributed by atoms with E-state index in [-0.39, 0.29) is 0 Å². The molecule has 0 atom stereocenters. The number of rotatable bonds is 3. The van der Waals surface area contributed by atoms with Crippen LogP contribution in [0, 0.1) is 0 Å². The summed E-state index contributed by atoms with van der Waals surface area (Å²) in [5, 5.41) is 1.84. The Morgan fingerprint density at radius 2 is 2.25 bits per heavy atom. The van der Waals surface area contributed by atoms with Crippen molar-refractivity contribution in [3.63, 3.8) is 0 Å². The van der Waals surface area contributed by atoms with Gasteiger partial charge in [-0.1, -0.05) is 0 Å². The van der Waals surface area contributed by atoms with Crippen molar-refractivity contribution in [2.24, 2.45) is 5.84 Å². The summed E-state index contributed by atoms with van der Waals surface area (Å²) in [5.74, 6) is 5.84. The number of aromatic nitrogens is 1. The van der Waals surface area contributed by atoms with Gasteiger partial charge >= 0.3 is 0 Å². The smallest absolute Gasteiger partial charge is 0.141 e. The molecular weight excluding hydrogens is 154 g/mol. The highest BCUT2D eigenvalue weighted by Crippen LogP contribution is 2.10. The van der Waals surface area contributed by atoms with Crippen molar-refractivity contribution in [1.82, 2.24) is 9.99 Å². The van der Waals surface area contributed by atoms with Crippen molar-refractivity contribution in [3.05, 3.63) is 18.3 Å². The summed E-state index contributed by atoms with van der Waals surface area (Å²) in [6, 6.07) is 3.68. The van der Waals surface area contributed by atoms with Gasteiger partial charge < -0.3 is 10.9 Å². The Hall–Kier alpha value is -1.33. The average Bonchev–Trinajstić information content (AvgIpc) is 2.03. The molecule has 0 aliphatic rings. The first-order valence-corrected chi connectivity index (χ1v) is 3.59. The molecule has 0 bridgehead atoms. The van der Waals surface area contributed by atoms with E-state index in [9.17, 15) is 0 Å². The number of pyridine rings is 1. The molecule has 0 amide bonds. The van der Waals surface area contributed by atoms with E-state index in [1.165, 1.54) is 0 Å². The Balaban J connectivity index is 2.72. The molecule has 1 aromatic rings. The minimum Gasteiger partial charge on any atom is -0.319 e. The topological polar surface area (TPSA) is 66.2 Å². The number of hydrogen-bond acceptors (Lipinski definition) is 5. The van der Waals surface area contributed by atoms with E-state index >= 15 is 0 Å². The van der Waals surface area contributed by atoms with Crippen LogP contribution in [-0.4, -0.2) is 24.1 Å². The maximum Gasteiger partial charge on any atom is 0.141 e. The highest BCUT2D eigenvalue weighted by atomic mass is 15.5. The number of hydrazine groups is 2. The highest BCUT2D eigenvalue weighted by Gasteiger charge is 1.94. The minimum absolute atomic E-state index is 0.641. The fraction of sp³-hybridized carbons (Fsp3) is 0.286. The standard InChI is InChI=1S/C7H13N5/c1-12(2)11-6-3-4-9-7(5-6)10-8/h3-5H,8H2,1-2H3,(H2,9,10,11). The second-order valence-corrected chi connectivity index (χ2v) is 2.58. The Bertz CT molecular complexity index is 247. The third-order valence-corrected chi connectivity index (χ3v) is 1.26. The summed E-state index contributed by atoms with van der Waals surface area (Å²) in [4.78, 5) is 3.97. The molecule has 1 heterocycles. The van der Waals surface area contributed by atoms with E-state index in [2.05, 4.69) is 15.8 Å². The molecule has 0 aromatic carbocycles. The lowest BCUT2D eigenvalue weighted by Crippen LogP contribution is -2.19. The number of nitrogens with zero attached hydrogens (tertiary/aromatic N) is 2. The van der Waals surface area contributed by atoms with Crippen LogP contribution >= 0.6 is 0 Å². The third kappa shape index (κ3) is 2.37. The Kier molecular flexibility index (Phi) is 2.84. The third-order valence-electron chi connectivity index (χ3n) is 1.26. The van der Waals surface area contributed by atoms with Gasteiger partial charge in [0.1, 0.15) is 5.82 Å². The van der Waals surface area contributed by atoms with Crippen LogP contribution in [0.4, 0.5) is 11.5 Å². The first-order valence-electron chi connectivity index (χ1n) is 3.59. The van der Waals surface area contributed by atoms with Crippen LogP contribution in [0.5, 0.6) is 0 Å². The number of anilines is 2. The Labute approximate surface area is 71.5 Å². The molecule has 5 nitrogen and oxygen atoms in total. The SMILES string of the molecule is CN(C)Nc1ccnc(NN)c1. The van der Waals surface area contributed by atoms with Crippen molar-refractivity contribution in [2.75, 3.05) is 24.9 Å². The predicted molar refractivity (Wildman–Crippen MR) is 49.4 cm³/mol. The van der Waals surface area contributed by atoms with Crippen molar-refractivity contribution in [2.45, 2.75) is 0 Å². The van der Waals surface area contributed by atoms with Crippen molar-refractivity contribution >= 4 is 11.5 Å². The molecule has 5 heteroatoms. The first-order chi connectivity index (χ1) is 5.72. The molecule has 12 heavy (non-hydrogen) atoms. The molecule has 0 spiro atoms.